The third kappa shape index (κ3) is 4.29. The summed E-state index contributed by atoms with van der Waals surface area (Å²) in [5.41, 5.74) is 1.65. The first-order valence-electron chi connectivity index (χ1n) is 10.6. The number of thiophene rings is 1. The third-order valence-corrected chi connectivity index (χ3v) is 7.56. The Kier molecular flexibility index (Phi) is 6.35. The summed E-state index contributed by atoms with van der Waals surface area (Å²) in [6.45, 7) is 7.08. The topological polar surface area (TPSA) is 84.3 Å². The average Bonchev–Trinajstić information content (AvgIpc) is 3.10. The highest BCUT2D eigenvalue weighted by Gasteiger charge is 2.24. The highest BCUT2D eigenvalue weighted by Crippen LogP contribution is 2.29. The van der Waals surface area contributed by atoms with E-state index in [4.69, 9.17) is 11.6 Å². The molecular weight excluding hydrogens is 448 g/mol. The molecule has 1 aliphatic rings. The van der Waals surface area contributed by atoms with E-state index in [0.717, 1.165) is 24.9 Å². The van der Waals surface area contributed by atoms with Crippen LogP contribution in [-0.2, 0) is 11.3 Å². The van der Waals surface area contributed by atoms with Crippen LogP contribution in [0.25, 0.3) is 10.2 Å². The molecule has 2 amide bonds. The van der Waals surface area contributed by atoms with Gasteiger partial charge in [-0.15, -0.1) is 11.3 Å². The van der Waals surface area contributed by atoms with Crippen molar-refractivity contribution in [2.75, 3.05) is 18.4 Å². The number of aryl methyl sites for hydroxylation is 1. The molecule has 0 unspecified atom stereocenters. The standard InChI is InChI=1S/C23H25ClN4O3S/c1-13-6-5-9-27(10-13)18(29)11-28-12-25-22-19(23(28)31)15(3)20(32-22)21(30)26-17-8-4-7-16(24)14(17)2/h4,7-8,12-13H,5-6,9-11H2,1-3H3,(H,26,30)/t13-/m1/s1. The molecule has 3 heterocycles. The van der Waals surface area contributed by atoms with E-state index in [-0.39, 0.29) is 23.9 Å². The number of amides is 2. The summed E-state index contributed by atoms with van der Waals surface area (Å²) in [6, 6.07) is 5.30. The van der Waals surface area contributed by atoms with E-state index in [1.807, 2.05) is 11.8 Å². The number of nitrogens with one attached hydrogen (secondary N) is 1. The van der Waals surface area contributed by atoms with Crippen molar-refractivity contribution in [1.82, 2.24) is 14.5 Å². The maximum Gasteiger partial charge on any atom is 0.266 e. The van der Waals surface area contributed by atoms with Crippen molar-refractivity contribution in [2.24, 2.45) is 5.92 Å². The van der Waals surface area contributed by atoms with Gasteiger partial charge in [0.15, 0.2) is 0 Å². The number of likely N-dealkylation sites (tertiary alicyclic amines) is 1. The van der Waals surface area contributed by atoms with E-state index in [1.165, 1.54) is 22.2 Å². The lowest BCUT2D eigenvalue weighted by molar-refractivity contribution is -0.133. The van der Waals surface area contributed by atoms with Gasteiger partial charge in [0.05, 0.1) is 16.6 Å². The van der Waals surface area contributed by atoms with Crippen molar-refractivity contribution >= 4 is 50.7 Å². The Morgan fingerprint density at radius 1 is 1.28 bits per heavy atom. The zero-order valence-corrected chi connectivity index (χ0v) is 19.8. The Bertz CT molecular complexity index is 1270. The largest absolute Gasteiger partial charge is 0.341 e. The molecule has 0 aliphatic carbocycles. The molecule has 0 radical (unpaired) electrons. The summed E-state index contributed by atoms with van der Waals surface area (Å²) in [4.78, 5) is 45.9. The van der Waals surface area contributed by atoms with Gasteiger partial charge in [-0.2, -0.15) is 0 Å². The lowest BCUT2D eigenvalue weighted by atomic mass is 10.0. The van der Waals surface area contributed by atoms with Crippen molar-refractivity contribution in [2.45, 2.75) is 40.2 Å². The van der Waals surface area contributed by atoms with Crippen LogP contribution < -0.4 is 10.9 Å². The molecule has 0 saturated carbocycles. The second-order valence-electron chi connectivity index (χ2n) is 8.37. The first-order chi connectivity index (χ1) is 15.3. The first kappa shape index (κ1) is 22.5. The van der Waals surface area contributed by atoms with Crippen LogP contribution in [0.15, 0.2) is 29.3 Å². The van der Waals surface area contributed by atoms with Gasteiger partial charge in [0.2, 0.25) is 5.91 Å². The molecule has 4 rings (SSSR count). The number of carbonyl (C=O) groups excluding carboxylic acids is 2. The fourth-order valence-electron chi connectivity index (χ4n) is 4.07. The normalized spacial score (nSPS) is 16.4. The fraction of sp³-hybridized carbons (Fsp3) is 0.391. The molecule has 1 aliphatic heterocycles. The SMILES string of the molecule is Cc1c(Cl)cccc1NC(=O)c1sc2ncn(CC(=O)N3CCC[C@@H](C)C3)c(=O)c2c1C. The van der Waals surface area contributed by atoms with Crippen LogP contribution in [0.1, 0.15) is 40.6 Å². The first-order valence-corrected chi connectivity index (χ1v) is 11.8. The van der Waals surface area contributed by atoms with Crippen molar-refractivity contribution in [1.29, 1.82) is 0 Å². The Hall–Kier alpha value is -2.71. The van der Waals surface area contributed by atoms with Crippen LogP contribution in [0.3, 0.4) is 0 Å². The van der Waals surface area contributed by atoms with Gasteiger partial charge >= 0.3 is 0 Å². The summed E-state index contributed by atoms with van der Waals surface area (Å²) < 4.78 is 1.34. The fourth-order valence-corrected chi connectivity index (χ4v) is 5.28. The Morgan fingerprint density at radius 3 is 2.81 bits per heavy atom. The number of fused-ring (bicyclic) bond motifs is 1. The van der Waals surface area contributed by atoms with Gasteiger partial charge in [-0.3, -0.25) is 19.0 Å². The van der Waals surface area contributed by atoms with Gasteiger partial charge in [-0.1, -0.05) is 24.6 Å². The smallest absolute Gasteiger partial charge is 0.266 e. The highest BCUT2D eigenvalue weighted by atomic mass is 35.5. The summed E-state index contributed by atoms with van der Waals surface area (Å²) >= 11 is 7.32. The lowest BCUT2D eigenvalue weighted by Crippen LogP contribution is -2.42. The number of nitrogens with zero attached hydrogens (tertiary/aromatic N) is 3. The van der Waals surface area contributed by atoms with E-state index in [2.05, 4.69) is 17.2 Å². The van der Waals surface area contributed by atoms with Gasteiger partial charge < -0.3 is 10.2 Å². The Balaban J connectivity index is 1.61. The molecular formula is C23H25ClN4O3S. The van der Waals surface area contributed by atoms with Gasteiger partial charge in [0, 0.05) is 23.8 Å². The summed E-state index contributed by atoms with van der Waals surface area (Å²) in [5.74, 6) is 0.0654. The summed E-state index contributed by atoms with van der Waals surface area (Å²) in [5, 5.41) is 3.82. The molecule has 0 bridgehead atoms. The quantitative estimate of drug-likeness (QED) is 0.615. The maximum absolute atomic E-state index is 13.1. The number of piperidine rings is 1. The van der Waals surface area contributed by atoms with Crippen molar-refractivity contribution < 1.29 is 9.59 Å². The second kappa shape index (κ2) is 9.03. The molecule has 1 saturated heterocycles. The van der Waals surface area contributed by atoms with Crippen molar-refractivity contribution in [3.05, 3.63) is 55.9 Å². The van der Waals surface area contributed by atoms with Crippen LogP contribution in [0.4, 0.5) is 5.69 Å². The molecule has 1 aromatic carbocycles. The molecule has 168 valence electrons. The van der Waals surface area contributed by atoms with Gasteiger partial charge in [-0.05, 0) is 55.9 Å². The average molecular weight is 473 g/mol. The third-order valence-electron chi connectivity index (χ3n) is 5.95. The van der Waals surface area contributed by atoms with Crippen LogP contribution in [0.5, 0.6) is 0 Å². The molecule has 7 nitrogen and oxygen atoms in total. The number of aromatic nitrogens is 2. The Morgan fingerprint density at radius 2 is 2.06 bits per heavy atom. The van der Waals surface area contributed by atoms with E-state index >= 15 is 0 Å². The van der Waals surface area contributed by atoms with E-state index in [1.54, 1.807) is 25.1 Å². The van der Waals surface area contributed by atoms with Crippen LogP contribution in [0.2, 0.25) is 5.02 Å². The number of hydrogen-bond acceptors (Lipinski definition) is 5. The molecule has 9 heteroatoms. The Labute approximate surface area is 195 Å². The molecule has 32 heavy (non-hydrogen) atoms. The monoisotopic (exact) mass is 472 g/mol. The number of anilines is 1. The van der Waals surface area contributed by atoms with E-state index in [9.17, 15) is 14.4 Å². The summed E-state index contributed by atoms with van der Waals surface area (Å²) in [6.07, 6.45) is 3.49. The zero-order chi connectivity index (χ0) is 23.0. The number of benzene rings is 1. The number of rotatable bonds is 4. The minimum Gasteiger partial charge on any atom is -0.341 e. The number of carbonyl (C=O) groups is 2. The minimum absolute atomic E-state index is 0.0486. The predicted octanol–water partition coefficient (Wildman–Crippen LogP) is 4.24. The number of hydrogen-bond donors (Lipinski definition) is 1. The predicted molar refractivity (Wildman–Crippen MR) is 128 cm³/mol. The molecule has 2 aromatic heterocycles. The van der Waals surface area contributed by atoms with E-state index < -0.39 is 0 Å². The van der Waals surface area contributed by atoms with Gasteiger partial charge in [0.25, 0.3) is 11.5 Å². The summed E-state index contributed by atoms with van der Waals surface area (Å²) in [7, 11) is 0. The second-order valence-corrected chi connectivity index (χ2v) is 9.77. The molecule has 3 aromatic rings. The van der Waals surface area contributed by atoms with Crippen LogP contribution >= 0.6 is 22.9 Å². The van der Waals surface area contributed by atoms with Crippen LogP contribution in [0, 0.1) is 19.8 Å². The molecule has 1 atom stereocenters. The van der Waals surface area contributed by atoms with Gasteiger partial charge in [-0.25, -0.2) is 4.98 Å². The highest BCUT2D eigenvalue weighted by molar-refractivity contribution is 7.20. The molecule has 1 N–H and O–H groups in total. The van der Waals surface area contributed by atoms with Crippen molar-refractivity contribution in [3.8, 4) is 0 Å². The lowest BCUT2D eigenvalue weighted by Gasteiger charge is -2.31. The zero-order valence-electron chi connectivity index (χ0n) is 18.3. The number of halogens is 1. The maximum atomic E-state index is 13.1. The molecule has 1 fully saturated rings. The molecule has 0 spiro atoms. The van der Waals surface area contributed by atoms with E-state index in [0.29, 0.717) is 43.8 Å². The van der Waals surface area contributed by atoms with Crippen LogP contribution in [-0.4, -0.2) is 39.4 Å². The van der Waals surface area contributed by atoms with Crippen molar-refractivity contribution in [3.63, 3.8) is 0 Å². The minimum atomic E-state index is -0.319. The van der Waals surface area contributed by atoms with Gasteiger partial charge in [0.1, 0.15) is 11.4 Å².